The Labute approximate surface area is 429 Å². The molecule has 6 aromatic rings. The van der Waals surface area contributed by atoms with Crippen molar-refractivity contribution in [3.8, 4) is 0 Å². The van der Waals surface area contributed by atoms with Crippen LogP contribution in [0.15, 0.2) is 172 Å². The number of hydrazone groups is 2. The highest BCUT2D eigenvalue weighted by Gasteiger charge is 2.39. The van der Waals surface area contributed by atoms with Crippen molar-refractivity contribution < 1.29 is 66.3 Å². The third-order valence-electron chi connectivity index (χ3n) is 10.6. The summed E-state index contributed by atoms with van der Waals surface area (Å²) in [5.41, 5.74) is 12.5. The number of nitrogens with two attached hydrogens (primary N) is 2. The number of anilines is 6. The fraction of sp³-hybridized carbons (Fsp3) is 0. The number of benzene rings is 6. The number of rotatable bonds is 14. The summed E-state index contributed by atoms with van der Waals surface area (Å²) in [6, 6.07) is 27.4. The summed E-state index contributed by atoms with van der Waals surface area (Å²) < 4.78 is 140. The van der Waals surface area contributed by atoms with Crippen molar-refractivity contribution in [3.63, 3.8) is 0 Å². The van der Waals surface area contributed by atoms with Crippen LogP contribution in [0.2, 0.25) is 0 Å². The van der Waals surface area contributed by atoms with Crippen LogP contribution < -0.4 is 33.0 Å². The fourth-order valence-electron chi connectivity index (χ4n) is 7.19. The summed E-state index contributed by atoms with van der Waals surface area (Å²) in [7, 11) is -20.6. The molecule has 76 heavy (non-hydrogen) atoms. The van der Waals surface area contributed by atoms with Crippen molar-refractivity contribution in [1.82, 2.24) is 0 Å². The van der Waals surface area contributed by atoms with E-state index in [4.69, 9.17) is 11.5 Å². The van der Waals surface area contributed by atoms with Gasteiger partial charge in [-0.3, -0.25) is 38.7 Å². The number of carbonyl (C=O) groups is 3. The molecule has 0 saturated heterocycles. The Morgan fingerprint density at radius 3 is 1.11 bits per heavy atom. The number of urea groups is 1. The first kappa shape index (κ1) is 53.1. The average molecular weight is 1110 g/mol. The number of nitrogens with zero attached hydrogens (tertiary/aromatic N) is 6. The van der Waals surface area contributed by atoms with Gasteiger partial charge < -0.3 is 22.1 Å². The van der Waals surface area contributed by atoms with E-state index in [0.717, 1.165) is 12.2 Å². The lowest BCUT2D eigenvalue weighted by atomic mass is 9.92. The molecule has 0 radical (unpaired) electrons. The van der Waals surface area contributed by atoms with E-state index in [0.29, 0.717) is 23.5 Å². The molecule has 12 N–H and O–H groups in total. The first-order chi connectivity index (χ1) is 35.8. The number of hydrogen-bond acceptors (Lipinski definition) is 21. The van der Waals surface area contributed by atoms with E-state index < -0.39 is 134 Å². The summed E-state index contributed by atoms with van der Waals surface area (Å²) in [5.74, 6) is -2.33. The van der Waals surface area contributed by atoms with Gasteiger partial charge in [0.15, 0.2) is 11.4 Å². The van der Waals surface area contributed by atoms with Gasteiger partial charge in [0.1, 0.15) is 31.0 Å². The SMILES string of the molecule is Nc1c(N=Nc2ccc(NC(=O)Nc3ccc(N=Nc4c(S(=O)(=O)O)cc5c(c4N)C(=O)/C(=N\Nc4ccccc4)C(S(=O)(=O)O)=C5)cc3)cc2)c(S(=O)(=O)O)cc2c1C(=O)/C(=N\Nc1ccccc1)C(S(=O)(=O)O)=C2. The molecular formula is C45H34N12O15S4. The molecule has 31 heteroatoms. The van der Waals surface area contributed by atoms with E-state index in [9.17, 15) is 66.3 Å². The minimum absolute atomic E-state index is 0.0358. The molecule has 388 valence electrons. The van der Waals surface area contributed by atoms with Crippen LogP contribution in [0.1, 0.15) is 31.8 Å². The van der Waals surface area contributed by atoms with Gasteiger partial charge >= 0.3 is 6.03 Å². The van der Waals surface area contributed by atoms with Gasteiger partial charge in [-0.2, -0.15) is 54.1 Å². The lowest BCUT2D eigenvalue weighted by molar-refractivity contribution is 0.105. The van der Waals surface area contributed by atoms with Gasteiger partial charge in [0, 0.05) is 11.4 Å². The third kappa shape index (κ3) is 11.6. The summed E-state index contributed by atoms with van der Waals surface area (Å²) in [6.07, 6.45) is 1.49. The van der Waals surface area contributed by atoms with Gasteiger partial charge in [0.25, 0.3) is 40.5 Å². The topological polar surface area (TPSA) is 443 Å². The van der Waals surface area contributed by atoms with Crippen molar-refractivity contribution in [1.29, 1.82) is 0 Å². The maximum Gasteiger partial charge on any atom is 0.323 e. The Hall–Kier alpha value is -9.21. The number of nitrogen functional groups attached to an aromatic ring is 2. The predicted octanol–water partition coefficient (Wildman–Crippen LogP) is 7.61. The van der Waals surface area contributed by atoms with Gasteiger partial charge in [0.05, 0.1) is 45.3 Å². The highest BCUT2D eigenvalue weighted by atomic mass is 32.2. The highest BCUT2D eigenvalue weighted by molar-refractivity contribution is 7.91. The molecule has 0 atom stereocenters. The minimum atomic E-state index is -5.18. The number of nitrogens with one attached hydrogen (secondary N) is 4. The largest absolute Gasteiger partial charge is 0.396 e. The van der Waals surface area contributed by atoms with Crippen LogP contribution in [0.4, 0.5) is 61.7 Å². The maximum atomic E-state index is 13.7. The first-order valence-electron chi connectivity index (χ1n) is 21.0. The summed E-state index contributed by atoms with van der Waals surface area (Å²) in [5, 5.41) is 28.5. The van der Waals surface area contributed by atoms with Crippen molar-refractivity contribution in [2.45, 2.75) is 9.79 Å². The second-order valence-corrected chi connectivity index (χ2v) is 21.3. The lowest BCUT2D eigenvalue weighted by Gasteiger charge is -2.20. The lowest BCUT2D eigenvalue weighted by Crippen LogP contribution is -2.28. The Bertz CT molecular complexity index is 3830. The van der Waals surface area contributed by atoms with E-state index in [1.165, 1.54) is 48.5 Å². The van der Waals surface area contributed by atoms with Gasteiger partial charge in [-0.1, -0.05) is 36.4 Å². The van der Waals surface area contributed by atoms with Crippen molar-refractivity contribution in [3.05, 3.63) is 153 Å². The summed E-state index contributed by atoms with van der Waals surface area (Å²) >= 11 is 0. The number of para-hydroxylation sites is 2. The zero-order valence-electron chi connectivity index (χ0n) is 38.0. The van der Waals surface area contributed by atoms with E-state index in [1.807, 2.05) is 0 Å². The molecule has 0 bridgehead atoms. The van der Waals surface area contributed by atoms with Crippen LogP contribution in [0.25, 0.3) is 12.2 Å². The molecule has 0 spiro atoms. The number of fused-ring (bicyclic) bond motifs is 2. The Morgan fingerprint density at radius 1 is 0.447 bits per heavy atom. The zero-order chi connectivity index (χ0) is 54.9. The standard InChI is InChI=1S/C45H34N12O15S4/c46-37-35-23(21-33(75(67,68)69)41(43(35)58)56-50-27-7-3-1-4-8-27)19-31(73(61,62)63)39(37)54-52-29-15-11-25(12-16-29)48-45(60)49-26-13-17-30(18-14-26)53-55-40-32(74(64,65)66)20-24-22-34(76(70,71)72)42(44(59)36(24)38(40)47)57-51-28-9-5-2-6-10-28/h1-22,50-51H,46-47H2,(H2,48,49,60)(H,61,62,63)(H,64,65,66)(H,67,68,69)(H,70,71,72)/b54-52?,55-53?,56-41-,57-42-. The molecule has 0 unspecified atom stereocenters. The Kier molecular flexibility index (Phi) is 14.4. The van der Waals surface area contributed by atoms with E-state index in [1.54, 1.807) is 60.7 Å². The predicted molar refractivity (Wildman–Crippen MR) is 278 cm³/mol. The monoisotopic (exact) mass is 1110 g/mol. The van der Waals surface area contributed by atoms with Gasteiger partial charge in [-0.25, -0.2) is 4.79 Å². The number of amides is 2. The van der Waals surface area contributed by atoms with Crippen LogP contribution in [0.5, 0.6) is 0 Å². The Morgan fingerprint density at radius 2 is 0.789 bits per heavy atom. The number of allylic oxidation sites excluding steroid dienone is 2. The summed E-state index contributed by atoms with van der Waals surface area (Å²) in [4.78, 5) is 36.5. The molecule has 0 heterocycles. The van der Waals surface area contributed by atoms with Crippen LogP contribution >= 0.6 is 0 Å². The van der Waals surface area contributed by atoms with Crippen molar-refractivity contribution in [2.75, 3.05) is 33.0 Å². The average Bonchev–Trinajstić information content (AvgIpc) is 3.40. The number of carbonyl (C=O) groups excluding carboxylic acids is 3. The second-order valence-electron chi connectivity index (χ2n) is 15.7. The number of azo groups is 2. The molecule has 2 aliphatic carbocycles. The van der Waals surface area contributed by atoms with Crippen molar-refractivity contribution in [2.24, 2.45) is 30.7 Å². The molecule has 6 aromatic carbocycles. The smallest absolute Gasteiger partial charge is 0.323 e. The quantitative estimate of drug-likeness (QED) is 0.0217. The zero-order valence-corrected chi connectivity index (χ0v) is 41.2. The van der Waals surface area contributed by atoms with Gasteiger partial charge in [-0.05, 0) is 108 Å². The maximum absolute atomic E-state index is 13.7. The van der Waals surface area contributed by atoms with Crippen molar-refractivity contribution >= 4 is 139 Å². The molecule has 8 rings (SSSR count). The first-order valence-corrected chi connectivity index (χ1v) is 26.8. The Balaban J connectivity index is 0.977. The van der Waals surface area contributed by atoms with E-state index >= 15 is 0 Å². The second kappa shape index (κ2) is 20.6. The van der Waals surface area contributed by atoms with E-state index in [2.05, 4.69) is 52.1 Å². The van der Waals surface area contributed by atoms with Crippen LogP contribution in [0, 0.1) is 0 Å². The number of hydrogen-bond donors (Lipinski definition) is 10. The fourth-order valence-corrected chi connectivity index (χ4v) is 9.85. The number of Topliss-reactive ketones (excluding diaryl/α,β-unsaturated/α-hetero) is 2. The molecule has 0 aliphatic heterocycles. The van der Waals surface area contributed by atoms with Crippen LogP contribution in [-0.4, -0.2) is 80.9 Å². The molecule has 2 amide bonds. The minimum Gasteiger partial charge on any atom is -0.396 e. The highest BCUT2D eigenvalue weighted by Crippen LogP contribution is 2.43. The van der Waals surface area contributed by atoms with Crippen LogP contribution in [-0.2, 0) is 40.5 Å². The van der Waals surface area contributed by atoms with Gasteiger partial charge in [0.2, 0.25) is 11.6 Å². The third-order valence-corrected chi connectivity index (χ3v) is 14.1. The normalized spacial score (nSPS) is 15.1. The molecule has 2 aliphatic rings. The van der Waals surface area contributed by atoms with Gasteiger partial charge in [-0.15, -0.1) is 10.2 Å². The molecule has 27 nitrogen and oxygen atoms in total. The molecule has 0 saturated carbocycles. The molecule has 0 aromatic heterocycles. The van der Waals surface area contributed by atoms with E-state index in [-0.39, 0.29) is 22.7 Å². The number of ketones is 2. The van der Waals surface area contributed by atoms with Crippen LogP contribution in [0.3, 0.4) is 0 Å². The molecular weight excluding hydrogens is 1080 g/mol. The summed E-state index contributed by atoms with van der Waals surface area (Å²) in [6.45, 7) is 0. The molecule has 0 fully saturated rings.